The Labute approximate surface area is 93.8 Å². The van der Waals surface area contributed by atoms with Crippen molar-refractivity contribution in [2.75, 3.05) is 45.8 Å². The summed E-state index contributed by atoms with van der Waals surface area (Å²) in [4.78, 5) is 5.23. The van der Waals surface area contributed by atoms with E-state index in [1.54, 1.807) is 0 Å². The van der Waals surface area contributed by atoms with E-state index in [1.165, 1.54) is 65.1 Å². The lowest BCUT2D eigenvalue weighted by Crippen LogP contribution is -2.49. The Morgan fingerprint density at radius 3 is 2.53 bits per heavy atom. The highest BCUT2D eigenvalue weighted by molar-refractivity contribution is 4.75. The molecule has 0 aromatic carbocycles. The third kappa shape index (κ3) is 3.74. The molecule has 2 aliphatic heterocycles. The third-order valence-electron chi connectivity index (χ3n) is 3.60. The van der Waals surface area contributed by atoms with Crippen LogP contribution in [-0.4, -0.2) is 61.7 Å². The molecule has 0 radical (unpaired) electrons. The molecule has 0 unspecified atom stereocenters. The van der Waals surface area contributed by atoms with Crippen molar-refractivity contribution < 1.29 is 0 Å². The molecule has 0 spiro atoms. The Morgan fingerprint density at radius 2 is 1.80 bits per heavy atom. The molecule has 3 heteroatoms. The maximum absolute atomic E-state index is 3.49. The Balaban J connectivity index is 1.56. The van der Waals surface area contributed by atoms with E-state index in [1.807, 2.05) is 0 Å². The Bertz CT molecular complexity index is 178. The molecule has 0 aromatic heterocycles. The number of rotatable bonds is 4. The summed E-state index contributed by atoms with van der Waals surface area (Å²) in [7, 11) is 0. The summed E-state index contributed by atoms with van der Waals surface area (Å²) in [5.41, 5.74) is 0. The molecule has 2 aliphatic rings. The summed E-state index contributed by atoms with van der Waals surface area (Å²) in [5.74, 6) is 0. The highest BCUT2D eigenvalue weighted by Crippen LogP contribution is 2.08. The van der Waals surface area contributed by atoms with Crippen LogP contribution in [0.1, 0.15) is 26.2 Å². The first kappa shape index (κ1) is 11.4. The lowest BCUT2D eigenvalue weighted by Gasteiger charge is -2.32. The Hall–Kier alpha value is -0.120. The normalized spacial score (nSPS) is 29.8. The number of hydrogen-bond donors (Lipinski definition) is 1. The molecule has 2 saturated heterocycles. The minimum Gasteiger partial charge on any atom is -0.312 e. The zero-order valence-electron chi connectivity index (χ0n) is 10.0. The molecule has 1 N–H and O–H groups in total. The number of likely N-dealkylation sites (tertiary alicyclic amines) is 1. The summed E-state index contributed by atoms with van der Waals surface area (Å²) in [6.45, 7) is 11.2. The third-order valence-corrected chi connectivity index (χ3v) is 3.60. The minimum absolute atomic E-state index is 0.686. The molecule has 88 valence electrons. The number of hydrogen-bond acceptors (Lipinski definition) is 3. The molecule has 3 nitrogen and oxygen atoms in total. The van der Waals surface area contributed by atoms with Crippen LogP contribution in [0.3, 0.4) is 0 Å². The van der Waals surface area contributed by atoms with E-state index in [0.29, 0.717) is 6.04 Å². The first-order chi connectivity index (χ1) is 7.34. The molecule has 15 heavy (non-hydrogen) atoms. The molecule has 2 heterocycles. The summed E-state index contributed by atoms with van der Waals surface area (Å²) in [6.07, 6.45) is 4.20. The van der Waals surface area contributed by atoms with Crippen molar-refractivity contribution in [3.63, 3.8) is 0 Å². The first-order valence-electron chi connectivity index (χ1n) is 6.53. The Morgan fingerprint density at radius 1 is 1.07 bits per heavy atom. The molecule has 2 rings (SSSR count). The second-order valence-corrected chi connectivity index (χ2v) is 5.06. The average molecular weight is 211 g/mol. The summed E-state index contributed by atoms with van der Waals surface area (Å²) < 4.78 is 0. The van der Waals surface area contributed by atoms with Gasteiger partial charge in [-0.25, -0.2) is 0 Å². The van der Waals surface area contributed by atoms with E-state index < -0.39 is 0 Å². The van der Waals surface area contributed by atoms with Crippen LogP contribution in [0.15, 0.2) is 0 Å². The molecule has 0 bridgehead atoms. The van der Waals surface area contributed by atoms with E-state index in [9.17, 15) is 0 Å². The van der Waals surface area contributed by atoms with Crippen molar-refractivity contribution in [1.82, 2.24) is 15.1 Å². The van der Waals surface area contributed by atoms with Crippen molar-refractivity contribution in [1.29, 1.82) is 0 Å². The van der Waals surface area contributed by atoms with Gasteiger partial charge in [-0.05, 0) is 52.4 Å². The van der Waals surface area contributed by atoms with Crippen LogP contribution in [0.4, 0.5) is 0 Å². The monoisotopic (exact) mass is 211 g/mol. The van der Waals surface area contributed by atoms with E-state index in [0.717, 1.165) is 0 Å². The first-order valence-corrected chi connectivity index (χ1v) is 6.53. The second-order valence-electron chi connectivity index (χ2n) is 5.06. The zero-order valence-corrected chi connectivity index (χ0v) is 10.0. The standard InChI is InChI=1S/C12H25N3/c1-12-11-15(10-5-13-12)9-4-8-14-6-2-3-7-14/h12-13H,2-11H2,1H3/t12-/m1/s1. The molecular formula is C12H25N3. The van der Waals surface area contributed by atoms with Gasteiger partial charge < -0.3 is 15.1 Å². The fourth-order valence-electron chi connectivity index (χ4n) is 2.74. The smallest absolute Gasteiger partial charge is 0.0167 e. The van der Waals surface area contributed by atoms with E-state index >= 15 is 0 Å². The van der Waals surface area contributed by atoms with Gasteiger partial charge in [0.05, 0.1) is 0 Å². The highest BCUT2D eigenvalue weighted by atomic mass is 15.2. The quantitative estimate of drug-likeness (QED) is 0.741. The maximum atomic E-state index is 3.49. The zero-order chi connectivity index (χ0) is 10.5. The van der Waals surface area contributed by atoms with Gasteiger partial charge in [-0.3, -0.25) is 0 Å². The van der Waals surface area contributed by atoms with Gasteiger partial charge in [-0.2, -0.15) is 0 Å². The predicted octanol–water partition coefficient (Wildman–Crippen LogP) is 0.766. The minimum atomic E-state index is 0.686. The number of piperazine rings is 1. The van der Waals surface area contributed by atoms with Gasteiger partial charge >= 0.3 is 0 Å². The molecule has 1 atom stereocenters. The molecular weight excluding hydrogens is 186 g/mol. The van der Waals surface area contributed by atoms with Crippen LogP contribution in [-0.2, 0) is 0 Å². The summed E-state index contributed by atoms with van der Waals surface area (Å²) >= 11 is 0. The van der Waals surface area contributed by atoms with Crippen LogP contribution < -0.4 is 5.32 Å². The molecule has 0 amide bonds. The van der Waals surface area contributed by atoms with Crippen molar-refractivity contribution in [3.8, 4) is 0 Å². The lowest BCUT2D eigenvalue weighted by molar-refractivity contribution is 0.194. The maximum Gasteiger partial charge on any atom is 0.0167 e. The predicted molar refractivity (Wildman–Crippen MR) is 64.2 cm³/mol. The van der Waals surface area contributed by atoms with Crippen LogP contribution in [0.5, 0.6) is 0 Å². The summed E-state index contributed by atoms with van der Waals surface area (Å²) in [5, 5.41) is 3.49. The average Bonchev–Trinajstić information content (AvgIpc) is 2.71. The van der Waals surface area contributed by atoms with Crippen LogP contribution >= 0.6 is 0 Å². The molecule has 0 aromatic rings. The van der Waals surface area contributed by atoms with Gasteiger partial charge in [0.2, 0.25) is 0 Å². The molecule has 0 saturated carbocycles. The SMILES string of the molecule is C[C@@H]1CN(CCCN2CCCC2)CCN1. The van der Waals surface area contributed by atoms with E-state index in [4.69, 9.17) is 0 Å². The van der Waals surface area contributed by atoms with Gasteiger partial charge in [0.15, 0.2) is 0 Å². The van der Waals surface area contributed by atoms with Gasteiger partial charge in [-0.15, -0.1) is 0 Å². The molecule has 0 aliphatic carbocycles. The Kier molecular flexibility index (Phi) is 4.42. The van der Waals surface area contributed by atoms with Gasteiger partial charge in [0, 0.05) is 25.7 Å². The fraction of sp³-hybridized carbons (Fsp3) is 1.00. The molecule has 2 fully saturated rings. The van der Waals surface area contributed by atoms with E-state index in [-0.39, 0.29) is 0 Å². The second kappa shape index (κ2) is 5.83. The summed E-state index contributed by atoms with van der Waals surface area (Å²) in [6, 6.07) is 0.686. The van der Waals surface area contributed by atoms with Gasteiger partial charge in [0.1, 0.15) is 0 Å². The highest BCUT2D eigenvalue weighted by Gasteiger charge is 2.16. The van der Waals surface area contributed by atoms with Crippen molar-refractivity contribution in [2.45, 2.75) is 32.2 Å². The van der Waals surface area contributed by atoms with Gasteiger partial charge in [0.25, 0.3) is 0 Å². The van der Waals surface area contributed by atoms with Crippen LogP contribution in [0.25, 0.3) is 0 Å². The van der Waals surface area contributed by atoms with Crippen molar-refractivity contribution in [2.24, 2.45) is 0 Å². The largest absolute Gasteiger partial charge is 0.312 e. The van der Waals surface area contributed by atoms with Crippen LogP contribution in [0, 0.1) is 0 Å². The number of nitrogens with one attached hydrogen (secondary N) is 1. The van der Waals surface area contributed by atoms with E-state index in [2.05, 4.69) is 22.0 Å². The van der Waals surface area contributed by atoms with Crippen molar-refractivity contribution in [3.05, 3.63) is 0 Å². The van der Waals surface area contributed by atoms with Crippen LogP contribution in [0.2, 0.25) is 0 Å². The lowest BCUT2D eigenvalue weighted by atomic mass is 10.2. The number of nitrogens with zero attached hydrogens (tertiary/aromatic N) is 2. The van der Waals surface area contributed by atoms with Crippen molar-refractivity contribution >= 4 is 0 Å². The topological polar surface area (TPSA) is 18.5 Å². The van der Waals surface area contributed by atoms with Gasteiger partial charge in [-0.1, -0.05) is 0 Å². The fourth-order valence-corrected chi connectivity index (χ4v) is 2.74.